The van der Waals surface area contributed by atoms with Crippen molar-refractivity contribution in [1.82, 2.24) is 9.97 Å². The lowest BCUT2D eigenvalue weighted by Crippen LogP contribution is -2.20. The van der Waals surface area contributed by atoms with Crippen LogP contribution in [0.5, 0.6) is 0 Å². The summed E-state index contributed by atoms with van der Waals surface area (Å²) in [7, 11) is 0. The average molecular weight is 177 g/mol. The molecular formula is C10H15N3. The maximum Gasteiger partial charge on any atom is 0.147 e. The minimum absolute atomic E-state index is 0.849. The van der Waals surface area contributed by atoms with E-state index in [9.17, 15) is 0 Å². The van der Waals surface area contributed by atoms with Crippen LogP contribution in [0.25, 0.3) is 0 Å². The highest BCUT2D eigenvalue weighted by molar-refractivity contribution is 5.36. The third kappa shape index (κ3) is 1.79. The fourth-order valence-electron chi connectivity index (χ4n) is 1.83. The van der Waals surface area contributed by atoms with E-state index in [-0.39, 0.29) is 0 Å². The van der Waals surface area contributed by atoms with Gasteiger partial charge < -0.3 is 4.90 Å². The van der Waals surface area contributed by atoms with Crippen LogP contribution in [0, 0.1) is 5.92 Å². The van der Waals surface area contributed by atoms with Crippen LogP contribution < -0.4 is 4.90 Å². The number of nitrogens with zero attached hydrogens (tertiary/aromatic N) is 3. The van der Waals surface area contributed by atoms with Gasteiger partial charge in [0.15, 0.2) is 0 Å². The van der Waals surface area contributed by atoms with Crippen molar-refractivity contribution in [2.75, 3.05) is 18.0 Å². The number of hydrogen-bond acceptors (Lipinski definition) is 3. The Morgan fingerprint density at radius 3 is 3.08 bits per heavy atom. The van der Waals surface area contributed by atoms with Crippen molar-refractivity contribution in [2.24, 2.45) is 5.92 Å². The Kier molecular flexibility index (Phi) is 2.43. The summed E-state index contributed by atoms with van der Waals surface area (Å²) in [6.45, 7) is 4.54. The monoisotopic (exact) mass is 177 g/mol. The first-order valence-electron chi connectivity index (χ1n) is 4.91. The average Bonchev–Trinajstić information content (AvgIpc) is 2.67. The lowest BCUT2D eigenvalue weighted by molar-refractivity contribution is 0.568. The van der Waals surface area contributed by atoms with Gasteiger partial charge in [0.2, 0.25) is 0 Å². The molecule has 2 rings (SSSR count). The molecule has 3 nitrogen and oxygen atoms in total. The normalized spacial score (nSPS) is 22.2. The summed E-state index contributed by atoms with van der Waals surface area (Å²) in [6.07, 6.45) is 7.90. The van der Waals surface area contributed by atoms with E-state index < -0.39 is 0 Å². The molecule has 0 spiro atoms. The molecule has 0 aromatic carbocycles. The van der Waals surface area contributed by atoms with Gasteiger partial charge in [-0.25, -0.2) is 4.98 Å². The predicted molar refractivity (Wildman–Crippen MR) is 52.6 cm³/mol. The molecule has 1 aromatic rings. The fourth-order valence-corrected chi connectivity index (χ4v) is 1.83. The zero-order valence-corrected chi connectivity index (χ0v) is 7.98. The highest BCUT2D eigenvalue weighted by atomic mass is 15.2. The van der Waals surface area contributed by atoms with Crippen molar-refractivity contribution in [2.45, 2.75) is 19.8 Å². The van der Waals surface area contributed by atoms with E-state index in [0.717, 1.165) is 24.8 Å². The maximum atomic E-state index is 4.29. The molecule has 0 aliphatic carbocycles. The zero-order valence-electron chi connectivity index (χ0n) is 7.98. The van der Waals surface area contributed by atoms with Gasteiger partial charge in [-0.2, -0.15) is 0 Å². The topological polar surface area (TPSA) is 29.0 Å². The van der Waals surface area contributed by atoms with Gasteiger partial charge in [0.1, 0.15) is 5.82 Å². The molecule has 0 radical (unpaired) electrons. The SMILES string of the molecule is CCC1CCN(c2cnccn2)C1. The molecule has 3 heteroatoms. The molecule has 13 heavy (non-hydrogen) atoms. The van der Waals surface area contributed by atoms with E-state index in [1.54, 1.807) is 12.4 Å². The standard InChI is InChI=1S/C10H15N3/c1-2-9-3-6-13(8-9)10-7-11-4-5-12-10/h4-5,7,9H,2-3,6,8H2,1H3. The van der Waals surface area contributed by atoms with Gasteiger partial charge in [0.25, 0.3) is 0 Å². The van der Waals surface area contributed by atoms with E-state index in [0.29, 0.717) is 0 Å². The molecule has 1 aliphatic rings. The first-order valence-corrected chi connectivity index (χ1v) is 4.91. The summed E-state index contributed by atoms with van der Waals surface area (Å²) in [6, 6.07) is 0. The number of hydrogen-bond donors (Lipinski definition) is 0. The Labute approximate surface area is 78.8 Å². The smallest absolute Gasteiger partial charge is 0.147 e. The first-order chi connectivity index (χ1) is 6.40. The molecule has 0 amide bonds. The Balaban J connectivity index is 2.04. The van der Waals surface area contributed by atoms with Crippen molar-refractivity contribution in [3.05, 3.63) is 18.6 Å². The summed E-state index contributed by atoms with van der Waals surface area (Å²) >= 11 is 0. The van der Waals surface area contributed by atoms with Crippen LogP contribution in [0.1, 0.15) is 19.8 Å². The van der Waals surface area contributed by atoms with Crippen molar-refractivity contribution in [3.63, 3.8) is 0 Å². The van der Waals surface area contributed by atoms with Crippen molar-refractivity contribution < 1.29 is 0 Å². The molecule has 1 aromatic heterocycles. The third-order valence-electron chi connectivity index (χ3n) is 2.74. The predicted octanol–water partition coefficient (Wildman–Crippen LogP) is 1.71. The fraction of sp³-hybridized carbons (Fsp3) is 0.600. The minimum atomic E-state index is 0.849. The Hall–Kier alpha value is -1.12. The van der Waals surface area contributed by atoms with Crippen LogP contribution in [-0.2, 0) is 0 Å². The summed E-state index contributed by atoms with van der Waals surface area (Å²) in [4.78, 5) is 10.7. The van der Waals surface area contributed by atoms with Crippen LogP contribution in [0.15, 0.2) is 18.6 Å². The van der Waals surface area contributed by atoms with Gasteiger partial charge >= 0.3 is 0 Å². The van der Waals surface area contributed by atoms with E-state index in [1.807, 2.05) is 6.20 Å². The number of aromatic nitrogens is 2. The van der Waals surface area contributed by atoms with E-state index >= 15 is 0 Å². The zero-order chi connectivity index (χ0) is 9.10. The van der Waals surface area contributed by atoms with Crippen LogP contribution in [0.4, 0.5) is 5.82 Å². The van der Waals surface area contributed by atoms with Gasteiger partial charge in [-0.15, -0.1) is 0 Å². The van der Waals surface area contributed by atoms with Gasteiger partial charge in [-0.05, 0) is 12.3 Å². The molecule has 70 valence electrons. The molecule has 0 N–H and O–H groups in total. The number of anilines is 1. The molecular weight excluding hydrogens is 162 g/mol. The second kappa shape index (κ2) is 3.73. The van der Waals surface area contributed by atoms with Gasteiger partial charge in [0, 0.05) is 25.5 Å². The lowest BCUT2D eigenvalue weighted by atomic mass is 10.1. The molecule has 0 saturated carbocycles. The second-order valence-electron chi connectivity index (χ2n) is 3.57. The summed E-state index contributed by atoms with van der Waals surface area (Å²) in [5.41, 5.74) is 0. The molecule has 1 saturated heterocycles. The van der Waals surface area contributed by atoms with Crippen LogP contribution in [-0.4, -0.2) is 23.1 Å². The van der Waals surface area contributed by atoms with Crippen LogP contribution in [0.3, 0.4) is 0 Å². The first kappa shape index (κ1) is 8.48. The third-order valence-corrected chi connectivity index (χ3v) is 2.74. The second-order valence-corrected chi connectivity index (χ2v) is 3.57. The van der Waals surface area contributed by atoms with Crippen molar-refractivity contribution in [1.29, 1.82) is 0 Å². The van der Waals surface area contributed by atoms with Gasteiger partial charge in [-0.1, -0.05) is 13.3 Å². The van der Waals surface area contributed by atoms with Crippen molar-refractivity contribution >= 4 is 5.82 Å². The van der Waals surface area contributed by atoms with Crippen LogP contribution in [0.2, 0.25) is 0 Å². The van der Waals surface area contributed by atoms with E-state index in [2.05, 4.69) is 21.8 Å². The summed E-state index contributed by atoms with van der Waals surface area (Å²) < 4.78 is 0. The van der Waals surface area contributed by atoms with Crippen molar-refractivity contribution in [3.8, 4) is 0 Å². The Morgan fingerprint density at radius 1 is 1.54 bits per heavy atom. The highest BCUT2D eigenvalue weighted by Gasteiger charge is 2.21. The quantitative estimate of drug-likeness (QED) is 0.688. The number of rotatable bonds is 2. The molecule has 2 heterocycles. The Bertz CT molecular complexity index is 260. The molecule has 1 aliphatic heterocycles. The molecule has 1 atom stereocenters. The highest BCUT2D eigenvalue weighted by Crippen LogP contribution is 2.22. The largest absolute Gasteiger partial charge is 0.355 e. The van der Waals surface area contributed by atoms with E-state index in [1.165, 1.54) is 12.8 Å². The summed E-state index contributed by atoms with van der Waals surface area (Å²) in [5, 5.41) is 0. The van der Waals surface area contributed by atoms with E-state index in [4.69, 9.17) is 0 Å². The van der Waals surface area contributed by atoms with Crippen LogP contribution >= 0.6 is 0 Å². The molecule has 1 unspecified atom stereocenters. The minimum Gasteiger partial charge on any atom is -0.355 e. The lowest BCUT2D eigenvalue weighted by Gasteiger charge is -2.15. The molecule has 1 fully saturated rings. The maximum absolute atomic E-state index is 4.29. The van der Waals surface area contributed by atoms with Gasteiger partial charge in [0.05, 0.1) is 6.20 Å². The molecule has 0 bridgehead atoms. The summed E-state index contributed by atoms with van der Waals surface area (Å²) in [5.74, 6) is 1.88. The Morgan fingerprint density at radius 2 is 2.46 bits per heavy atom. The van der Waals surface area contributed by atoms with Gasteiger partial charge in [-0.3, -0.25) is 4.98 Å².